The highest BCUT2D eigenvalue weighted by atomic mass is 32.1. The first-order valence-corrected chi connectivity index (χ1v) is 6.20. The number of carbonyl (C=O) groups excluding carboxylic acids is 1. The summed E-state index contributed by atoms with van der Waals surface area (Å²) in [6.45, 7) is 5.49. The maximum absolute atomic E-state index is 11.3. The molecule has 0 saturated carbocycles. The van der Waals surface area contributed by atoms with Crippen LogP contribution in [0.5, 0.6) is 0 Å². The summed E-state index contributed by atoms with van der Waals surface area (Å²) in [5, 5.41) is 4.01. The van der Waals surface area contributed by atoms with Gasteiger partial charge in [0.2, 0.25) is 0 Å². The van der Waals surface area contributed by atoms with Gasteiger partial charge in [-0.15, -0.1) is 11.3 Å². The number of hydrogen-bond acceptors (Lipinski definition) is 4. The quantitative estimate of drug-likeness (QED) is 0.839. The Balaban J connectivity index is 2.28. The van der Waals surface area contributed by atoms with E-state index in [9.17, 15) is 4.79 Å². The van der Waals surface area contributed by atoms with Crippen molar-refractivity contribution in [3.8, 4) is 0 Å². The summed E-state index contributed by atoms with van der Waals surface area (Å²) in [5.41, 5.74) is 2.74. The van der Waals surface area contributed by atoms with E-state index in [1.54, 1.807) is 6.92 Å². The highest BCUT2D eigenvalue weighted by Crippen LogP contribution is 2.26. The molecule has 0 spiro atoms. The fourth-order valence-corrected chi connectivity index (χ4v) is 2.48. The van der Waals surface area contributed by atoms with Crippen LogP contribution in [0.3, 0.4) is 0 Å². The molecule has 2 aromatic rings. The largest absolute Gasteiger partial charge is 0.331 e. The van der Waals surface area contributed by atoms with Gasteiger partial charge in [-0.3, -0.25) is 4.79 Å². The molecule has 1 N–H and O–H groups in total. The number of ketones is 1. The van der Waals surface area contributed by atoms with Crippen molar-refractivity contribution in [2.24, 2.45) is 0 Å². The molecule has 0 radical (unpaired) electrons. The molecule has 0 aliphatic heterocycles. The SMILES string of the molecule is CC(=O)c1nc(Nc2ccccc2C)sc1C. The topological polar surface area (TPSA) is 42.0 Å². The number of benzene rings is 1. The molecule has 1 heterocycles. The van der Waals surface area contributed by atoms with Crippen LogP contribution in [0.2, 0.25) is 0 Å². The van der Waals surface area contributed by atoms with Crippen molar-refractivity contribution in [1.82, 2.24) is 4.98 Å². The Kier molecular flexibility index (Phi) is 3.24. The van der Waals surface area contributed by atoms with Crippen LogP contribution < -0.4 is 5.32 Å². The van der Waals surface area contributed by atoms with E-state index in [1.807, 2.05) is 38.1 Å². The van der Waals surface area contributed by atoms with Crippen LogP contribution in [0.25, 0.3) is 0 Å². The highest BCUT2D eigenvalue weighted by Gasteiger charge is 2.11. The number of nitrogens with one attached hydrogen (secondary N) is 1. The minimum absolute atomic E-state index is 0.0107. The molecule has 1 aromatic heterocycles. The van der Waals surface area contributed by atoms with Gasteiger partial charge in [-0.05, 0) is 25.5 Å². The molecule has 0 fully saturated rings. The summed E-state index contributed by atoms with van der Waals surface area (Å²) in [6, 6.07) is 8.00. The fraction of sp³-hybridized carbons (Fsp3) is 0.231. The number of rotatable bonds is 3. The summed E-state index contributed by atoms with van der Waals surface area (Å²) in [6.07, 6.45) is 0. The lowest BCUT2D eigenvalue weighted by molar-refractivity contribution is 0.101. The van der Waals surface area contributed by atoms with Gasteiger partial charge in [-0.25, -0.2) is 4.98 Å². The molecule has 88 valence electrons. The van der Waals surface area contributed by atoms with Gasteiger partial charge < -0.3 is 5.32 Å². The molecule has 0 unspecified atom stereocenters. The standard InChI is InChI=1S/C13H14N2OS/c1-8-6-4-5-7-11(8)14-13-15-12(9(2)16)10(3)17-13/h4-7H,1-3H3,(H,14,15). The lowest BCUT2D eigenvalue weighted by Gasteiger charge is -2.05. The van der Waals surface area contributed by atoms with Crippen LogP contribution in [0, 0.1) is 13.8 Å². The second-order valence-corrected chi connectivity index (χ2v) is 5.12. The first kappa shape index (κ1) is 11.8. The van der Waals surface area contributed by atoms with Crippen molar-refractivity contribution in [1.29, 1.82) is 0 Å². The van der Waals surface area contributed by atoms with Crippen LogP contribution in [0.15, 0.2) is 24.3 Å². The molecular formula is C13H14N2OS. The molecular weight excluding hydrogens is 232 g/mol. The van der Waals surface area contributed by atoms with Crippen molar-refractivity contribution in [3.05, 3.63) is 40.4 Å². The minimum Gasteiger partial charge on any atom is -0.331 e. The number of anilines is 2. The number of aromatic nitrogens is 1. The monoisotopic (exact) mass is 246 g/mol. The third-order valence-corrected chi connectivity index (χ3v) is 3.40. The molecule has 4 heteroatoms. The van der Waals surface area contributed by atoms with E-state index >= 15 is 0 Å². The predicted octanol–water partition coefficient (Wildman–Crippen LogP) is 3.71. The van der Waals surface area contributed by atoms with E-state index in [4.69, 9.17) is 0 Å². The second kappa shape index (κ2) is 4.67. The van der Waals surface area contributed by atoms with Crippen LogP contribution in [0.4, 0.5) is 10.8 Å². The Morgan fingerprint density at radius 3 is 2.59 bits per heavy atom. The van der Waals surface area contributed by atoms with Gasteiger partial charge in [0.05, 0.1) is 0 Å². The predicted molar refractivity (Wildman–Crippen MR) is 71.3 cm³/mol. The number of nitrogens with zero attached hydrogens (tertiary/aromatic N) is 1. The Morgan fingerprint density at radius 1 is 1.29 bits per heavy atom. The van der Waals surface area contributed by atoms with Crippen molar-refractivity contribution in [2.75, 3.05) is 5.32 Å². The van der Waals surface area contributed by atoms with Gasteiger partial charge in [0.25, 0.3) is 0 Å². The van der Waals surface area contributed by atoms with Gasteiger partial charge in [-0.1, -0.05) is 18.2 Å². The zero-order chi connectivity index (χ0) is 12.4. The summed E-state index contributed by atoms with van der Waals surface area (Å²) >= 11 is 1.50. The maximum Gasteiger partial charge on any atom is 0.188 e. The Labute approximate surface area is 105 Å². The first-order valence-electron chi connectivity index (χ1n) is 5.39. The minimum atomic E-state index is 0.0107. The Morgan fingerprint density at radius 2 is 2.00 bits per heavy atom. The second-order valence-electron chi connectivity index (χ2n) is 3.92. The Bertz CT molecular complexity index is 560. The summed E-state index contributed by atoms with van der Waals surface area (Å²) in [5.74, 6) is 0.0107. The highest BCUT2D eigenvalue weighted by molar-refractivity contribution is 7.15. The van der Waals surface area contributed by atoms with Crippen molar-refractivity contribution >= 4 is 27.9 Å². The first-order chi connectivity index (χ1) is 8.08. The Hall–Kier alpha value is -1.68. The zero-order valence-electron chi connectivity index (χ0n) is 10.1. The van der Waals surface area contributed by atoms with Crippen LogP contribution in [0.1, 0.15) is 27.9 Å². The summed E-state index contributed by atoms with van der Waals surface area (Å²) < 4.78 is 0. The average Bonchev–Trinajstić information content (AvgIpc) is 2.63. The number of para-hydroxylation sites is 1. The van der Waals surface area contributed by atoms with Crippen LogP contribution in [-0.2, 0) is 0 Å². The number of carbonyl (C=O) groups is 1. The molecule has 1 aromatic carbocycles. The van der Waals surface area contributed by atoms with Crippen LogP contribution >= 0.6 is 11.3 Å². The molecule has 0 bridgehead atoms. The number of thiazole rings is 1. The van der Waals surface area contributed by atoms with Gasteiger partial charge in [0, 0.05) is 17.5 Å². The fourth-order valence-electron chi connectivity index (χ4n) is 1.60. The van der Waals surface area contributed by atoms with E-state index in [0.717, 1.165) is 21.3 Å². The molecule has 3 nitrogen and oxygen atoms in total. The summed E-state index contributed by atoms with van der Waals surface area (Å²) in [4.78, 5) is 16.6. The molecule has 2 rings (SSSR count). The number of Topliss-reactive ketones (excluding diaryl/α,β-unsaturated/α-hetero) is 1. The smallest absolute Gasteiger partial charge is 0.188 e. The summed E-state index contributed by atoms with van der Waals surface area (Å²) in [7, 11) is 0. The third kappa shape index (κ3) is 2.53. The number of aryl methyl sites for hydroxylation is 2. The maximum atomic E-state index is 11.3. The van der Waals surface area contributed by atoms with Gasteiger partial charge in [0.15, 0.2) is 10.9 Å². The van der Waals surface area contributed by atoms with E-state index < -0.39 is 0 Å². The van der Waals surface area contributed by atoms with Crippen molar-refractivity contribution in [3.63, 3.8) is 0 Å². The lowest BCUT2D eigenvalue weighted by atomic mass is 10.2. The normalized spacial score (nSPS) is 10.3. The molecule has 0 atom stereocenters. The van der Waals surface area contributed by atoms with Crippen molar-refractivity contribution < 1.29 is 4.79 Å². The van der Waals surface area contributed by atoms with Gasteiger partial charge in [-0.2, -0.15) is 0 Å². The van der Waals surface area contributed by atoms with Gasteiger partial charge in [0.1, 0.15) is 5.69 Å². The van der Waals surface area contributed by atoms with E-state index in [-0.39, 0.29) is 5.78 Å². The number of hydrogen-bond donors (Lipinski definition) is 1. The van der Waals surface area contributed by atoms with E-state index in [0.29, 0.717) is 5.69 Å². The molecule has 17 heavy (non-hydrogen) atoms. The van der Waals surface area contributed by atoms with Gasteiger partial charge >= 0.3 is 0 Å². The zero-order valence-corrected chi connectivity index (χ0v) is 10.9. The van der Waals surface area contributed by atoms with E-state index in [1.165, 1.54) is 11.3 Å². The molecule has 0 aliphatic rings. The lowest BCUT2D eigenvalue weighted by Crippen LogP contribution is -1.96. The molecule has 0 saturated heterocycles. The average molecular weight is 246 g/mol. The van der Waals surface area contributed by atoms with E-state index in [2.05, 4.69) is 10.3 Å². The molecule has 0 aliphatic carbocycles. The van der Waals surface area contributed by atoms with Crippen molar-refractivity contribution in [2.45, 2.75) is 20.8 Å². The van der Waals surface area contributed by atoms with Crippen LogP contribution in [-0.4, -0.2) is 10.8 Å². The third-order valence-electron chi connectivity index (χ3n) is 2.52. The molecule has 0 amide bonds.